The molecule has 1 aliphatic rings. The Morgan fingerprint density at radius 1 is 1.09 bits per heavy atom. The van der Waals surface area contributed by atoms with Gasteiger partial charge in [-0.15, -0.1) is 0 Å². The highest BCUT2D eigenvalue weighted by molar-refractivity contribution is 5.79. The fourth-order valence-corrected chi connectivity index (χ4v) is 4.45. The van der Waals surface area contributed by atoms with Crippen LogP contribution in [0.2, 0.25) is 0 Å². The minimum atomic E-state index is 0.590. The molecule has 1 fully saturated rings. The van der Waals surface area contributed by atoms with Crippen molar-refractivity contribution in [1.29, 1.82) is 0 Å². The smallest absolute Gasteiger partial charge is 0.201 e. The molecule has 0 radical (unpaired) electrons. The Bertz CT molecular complexity index is 967. The van der Waals surface area contributed by atoms with Gasteiger partial charge < -0.3 is 19.9 Å². The van der Waals surface area contributed by atoms with Gasteiger partial charge in [0.1, 0.15) is 5.75 Å². The number of hydrogen-bond acceptors (Lipinski definition) is 6. The molecule has 0 bridgehead atoms. The van der Waals surface area contributed by atoms with Crippen LogP contribution < -0.4 is 10.5 Å². The summed E-state index contributed by atoms with van der Waals surface area (Å²) in [5, 5.41) is 0. The first-order valence-electron chi connectivity index (χ1n) is 12.0. The summed E-state index contributed by atoms with van der Waals surface area (Å²) in [7, 11) is 0. The molecule has 0 unspecified atom stereocenters. The van der Waals surface area contributed by atoms with Gasteiger partial charge >= 0.3 is 0 Å². The molecular formula is C25H36N6O. The maximum absolute atomic E-state index is 6.22. The van der Waals surface area contributed by atoms with Crippen LogP contribution in [-0.2, 0) is 13.1 Å². The number of aromatic nitrogens is 3. The molecule has 7 heteroatoms. The molecule has 7 nitrogen and oxygen atoms in total. The highest BCUT2D eigenvalue weighted by atomic mass is 16.5. The summed E-state index contributed by atoms with van der Waals surface area (Å²) in [4.78, 5) is 13.9. The van der Waals surface area contributed by atoms with E-state index < -0.39 is 0 Å². The number of nitrogen functional groups attached to an aromatic ring is 1. The Hall–Kier alpha value is -2.64. The largest absolute Gasteiger partial charge is 0.493 e. The molecule has 0 amide bonds. The Labute approximate surface area is 191 Å². The number of ether oxygens (including phenoxy) is 1. The van der Waals surface area contributed by atoms with Crippen LogP contribution in [0.1, 0.15) is 38.3 Å². The van der Waals surface area contributed by atoms with Crippen LogP contribution in [-0.4, -0.2) is 63.7 Å². The molecule has 1 aliphatic heterocycles. The lowest BCUT2D eigenvalue weighted by molar-refractivity contribution is 0.234. The fourth-order valence-electron chi connectivity index (χ4n) is 4.45. The van der Waals surface area contributed by atoms with E-state index in [2.05, 4.69) is 43.4 Å². The molecule has 172 valence electrons. The number of rotatable bonds is 12. The van der Waals surface area contributed by atoms with E-state index >= 15 is 0 Å². The SMILES string of the molecule is CCN(CCCOc1ccc2nc(N)n(CCCN3CCCC3)c2c1)Cc1ccccn1. The third kappa shape index (κ3) is 5.99. The number of nitrogens with zero attached hydrogens (tertiary/aromatic N) is 5. The van der Waals surface area contributed by atoms with Crippen molar-refractivity contribution < 1.29 is 4.74 Å². The number of hydrogen-bond donors (Lipinski definition) is 1. The molecule has 0 spiro atoms. The Morgan fingerprint density at radius 2 is 1.97 bits per heavy atom. The zero-order valence-corrected chi connectivity index (χ0v) is 19.2. The van der Waals surface area contributed by atoms with Gasteiger partial charge in [-0.1, -0.05) is 13.0 Å². The van der Waals surface area contributed by atoms with E-state index in [9.17, 15) is 0 Å². The maximum Gasteiger partial charge on any atom is 0.201 e. The molecule has 0 atom stereocenters. The normalized spacial score (nSPS) is 14.6. The first-order chi connectivity index (χ1) is 15.7. The lowest BCUT2D eigenvalue weighted by atomic mass is 10.3. The van der Waals surface area contributed by atoms with Crippen molar-refractivity contribution in [2.75, 3.05) is 45.1 Å². The van der Waals surface area contributed by atoms with Gasteiger partial charge in [-0.2, -0.15) is 0 Å². The number of anilines is 1. The second-order valence-corrected chi connectivity index (χ2v) is 8.57. The van der Waals surface area contributed by atoms with Crippen molar-refractivity contribution in [1.82, 2.24) is 24.3 Å². The molecular weight excluding hydrogens is 400 g/mol. The Morgan fingerprint density at radius 3 is 2.75 bits per heavy atom. The van der Waals surface area contributed by atoms with Crippen molar-refractivity contribution in [2.24, 2.45) is 0 Å². The lowest BCUT2D eigenvalue weighted by Crippen LogP contribution is -2.25. The summed E-state index contributed by atoms with van der Waals surface area (Å²) in [6.07, 6.45) is 6.57. The summed E-state index contributed by atoms with van der Waals surface area (Å²) in [6, 6.07) is 12.2. The highest BCUT2D eigenvalue weighted by Crippen LogP contribution is 2.24. The predicted octanol–water partition coefficient (Wildman–Crippen LogP) is 3.79. The molecule has 1 saturated heterocycles. The van der Waals surface area contributed by atoms with E-state index in [1.807, 2.05) is 30.5 Å². The summed E-state index contributed by atoms with van der Waals surface area (Å²) in [5.41, 5.74) is 9.32. The number of likely N-dealkylation sites (tertiary alicyclic amines) is 1. The van der Waals surface area contributed by atoms with Crippen molar-refractivity contribution >= 4 is 17.0 Å². The van der Waals surface area contributed by atoms with Gasteiger partial charge in [-0.05, 0) is 76.1 Å². The number of pyridine rings is 1. The first-order valence-corrected chi connectivity index (χ1v) is 12.0. The summed E-state index contributed by atoms with van der Waals surface area (Å²) in [6.45, 7) is 10.2. The average molecular weight is 437 g/mol. The van der Waals surface area contributed by atoms with Crippen molar-refractivity contribution in [3.63, 3.8) is 0 Å². The van der Waals surface area contributed by atoms with Gasteiger partial charge in [0.15, 0.2) is 0 Å². The molecule has 2 aromatic heterocycles. The monoisotopic (exact) mass is 436 g/mol. The molecule has 1 aromatic carbocycles. The molecule has 0 aliphatic carbocycles. The number of imidazole rings is 1. The summed E-state index contributed by atoms with van der Waals surface area (Å²) in [5.74, 6) is 1.47. The third-order valence-electron chi connectivity index (χ3n) is 6.25. The van der Waals surface area contributed by atoms with Crippen molar-refractivity contribution in [3.8, 4) is 5.75 Å². The van der Waals surface area contributed by atoms with Gasteiger partial charge in [0.05, 0.1) is 23.3 Å². The molecule has 3 aromatic rings. The van der Waals surface area contributed by atoms with Gasteiger partial charge in [-0.3, -0.25) is 9.88 Å². The third-order valence-corrected chi connectivity index (χ3v) is 6.25. The second kappa shape index (κ2) is 11.3. The first kappa shape index (κ1) is 22.6. The van der Waals surface area contributed by atoms with Crippen LogP contribution in [0.3, 0.4) is 0 Å². The number of fused-ring (bicyclic) bond motifs is 1. The topological polar surface area (TPSA) is 72.4 Å². The summed E-state index contributed by atoms with van der Waals surface area (Å²) >= 11 is 0. The number of nitrogens with two attached hydrogens (primary N) is 1. The zero-order chi connectivity index (χ0) is 22.2. The van der Waals surface area contributed by atoms with Crippen LogP contribution >= 0.6 is 0 Å². The average Bonchev–Trinajstić information content (AvgIpc) is 3.44. The summed E-state index contributed by atoms with van der Waals surface area (Å²) < 4.78 is 8.21. The van der Waals surface area contributed by atoms with E-state index in [0.717, 1.165) is 68.0 Å². The van der Waals surface area contributed by atoms with Gasteiger partial charge in [0.2, 0.25) is 5.95 Å². The lowest BCUT2D eigenvalue weighted by Gasteiger charge is -2.20. The van der Waals surface area contributed by atoms with E-state index in [4.69, 9.17) is 10.5 Å². The van der Waals surface area contributed by atoms with Gasteiger partial charge in [0.25, 0.3) is 0 Å². The van der Waals surface area contributed by atoms with E-state index in [-0.39, 0.29) is 0 Å². The predicted molar refractivity (Wildman–Crippen MR) is 130 cm³/mol. The molecule has 32 heavy (non-hydrogen) atoms. The number of aryl methyl sites for hydroxylation is 1. The number of benzene rings is 1. The Kier molecular flexibility index (Phi) is 7.96. The highest BCUT2D eigenvalue weighted by Gasteiger charge is 2.13. The fraction of sp³-hybridized carbons (Fsp3) is 0.520. The Balaban J connectivity index is 1.28. The van der Waals surface area contributed by atoms with Crippen LogP contribution in [0, 0.1) is 0 Å². The van der Waals surface area contributed by atoms with Crippen LogP contribution in [0.5, 0.6) is 5.75 Å². The minimum absolute atomic E-state index is 0.590. The van der Waals surface area contributed by atoms with Crippen molar-refractivity contribution in [2.45, 2.75) is 45.7 Å². The van der Waals surface area contributed by atoms with E-state index in [1.165, 1.54) is 25.9 Å². The van der Waals surface area contributed by atoms with Gasteiger partial charge in [0, 0.05) is 31.9 Å². The quantitative estimate of drug-likeness (QED) is 0.436. The van der Waals surface area contributed by atoms with E-state index in [1.54, 1.807) is 0 Å². The molecule has 4 rings (SSSR count). The zero-order valence-electron chi connectivity index (χ0n) is 19.2. The second-order valence-electron chi connectivity index (χ2n) is 8.57. The van der Waals surface area contributed by atoms with E-state index in [0.29, 0.717) is 12.6 Å². The molecule has 3 heterocycles. The molecule has 0 saturated carbocycles. The van der Waals surface area contributed by atoms with Crippen molar-refractivity contribution in [3.05, 3.63) is 48.3 Å². The maximum atomic E-state index is 6.22. The van der Waals surface area contributed by atoms with Crippen LogP contribution in [0.25, 0.3) is 11.0 Å². The molecule has 2 N–H and O–H groups in total. The van der Waals surface area contributed by atoms with Crippen LogP contribution in [0.15, 0.2) is 42.6 Å². The van der Waals surface area contributed by atoms with Gasteiger partial charge in [-0.25, -0.2) is 4.98 Å². The standard InChI is InChI=1S/C25H36N6O/c1-2-29(20-21-9-3-4-12-27-21)16-8-18-32-22-10-11-23-24(19-22)31(25(26)28-23)17-7-15-30-13-5-6-14-30/h3-4,9-12,19H,2,5-8,13-18,20H2,1H3,(H2,26,28). The minimum Gasteiger partial charge on any atom is -0.493 e. The van der Waals surface area contributed by atoms with Crippen LogP contribution in [0.4, 0.5) is 5.95 Å².